The number of rotatable bonds is 2. The van der Waals surface area contributed by atoms with Gasteiger partial charge < -0.3 is 5.11 Å². The Balaban J connectivity index is 3.01. The summed E-state index contributed by atoms with van der Waals surface area (Å²) in [4.78, 5) is 14.1. The first-order valence-electron chi connectivity index (χ1n) is 3.80. The second kappa shape index (κ2) is 3.12. The van der Waals surface area contributed by atoms with E-state index in [-0.39, 0.29) is 11.3 Å². The Labute approximate surface area is 75.2 Å². The maximum absolute atomic E-state index is 13.2. The van der Waals surface area contributed by atoms with Gasteiger partial charge in [0.05, 0.1) is 11.3 Å². The molecule has 1 N–H and O–H groups in total. The number of aromatic carboxylic acids is 1. The summed E-state index contributed by atoms with van der Waals surface area (Å²) in [5.74, 6) is -1.06. The molecule has 1 aromatic rings. The molecule has 0 amide bonds. The van der Waals surface area contributed by atoms with Crippen LogP contribution in [0, 0.1) is 0 Å². The summed E-state index contributed by atoms with van der Waals surface area (Å²) in [6.07, 6.45) is 1.15. The number of carboxylic acids is 1. The van der Waals surface area contributed by atoms with Gasteiger partial charge >= 0.3 is 5.97 Å². The van der Waals surface area contributed by atoms with E-state index < -0.39 is 11.6 Å². The lowest BCUT2D eigenvalue weighted by Gasteiger charge is -2.12. The van der Waals surface area contributed by atoms with Crippen molar-refractivity contribution in [2.45, 2.75) is 19.5 Å². The second-order valence-corrected chi connectivity index (χ2v) is 3.21. The molecule has 0 unspecified atom stereocenters. The highest BCUT2D eigenvalue weighted by atomic mass is 19.1. The van der Waals surface area contributed by atoms with E-state index in [0.717, 1.165) is 6.20 Å². The summed E-state index contributed by atoms with van der Waals surface area (Å²) in [5, 5.41) is 8.54. The summed E-state index contributed by atoms with van der Waals surface area (Å²) in [5.41, 5.74) is -1.23. The van der Waals surface area contributed by atoms with E-state index in [2.05, 4.69) is 4.98 Å². The van der Waals surface area contributed by atoms with Gasteiger partial charge in [0.25, 0.3) is 0 Å². The predicted octanol–water partition coefficient (Wildman–Crippen LogP) is 1.98. The van der Waals surface area contributed by atoms with Crippen LogP contribution in [0.4, 0.5) is 4.39 Å². The van der Waals surface area contributed by atoms with Crippen LogP contribution in [-0.2, 0) is 5.67 Å². The van der Waals surface area contributed by atoms with Gasteiger partial charge in [0.2, 0.25) is 0 Å². The van der Waals surface area contributed by atoms with Gasteiger partial charge in [0.1, 0.15) is 5.67 Å². The van der Waals surface area contributed by atoms with Gasteiger partial charge in [-0.2, -0.15) is 0 Å². The van der Waals surface area contributed by atoms with Crippen LogP contribution in [0.1, 0.15) is 29.9 Å². The lowest BCUT2D eigenvalue weighted by atomic mass is 10.1. The molecular formula is C9H10FNO2. The molecule has 0 spiro atoms. The van der Waals surface area contributed by atoms with Crippen LogP contribution in [0.5, 0.6) is 0 Å². The summed E-state index contributed by atoms with van der Waals surface area (Å²) in [6, 6.07) is 2.72. The molecule has 0 aliphatic rings. The number of carbonyl (C=O) groups is 1. The minimum atomic E-state index is -1.53. The number of alkyl halides is 1. The van der Waals surface area contributed by atoms with Crippen molar-refractivity contribution in [3.8, 4) is 0 Å². The van der Waals surface area contributed by atoms with Crippen molar-refractivity contribution in [2.75, 3.05) is 0 Å². The normalized spacial score (nSPS) is 11.3. The fraction of sp³-hybridized carbons (Fsp3) is 0.333. The first-order chi connectivity index (χ1) is 5.91. The third kappa shape index (κ3) is 2.24. The zero-order valence-corrected chi connectivity index (χ0v) is 7.41. The van der Waals surface area contributed by atoms with E-state index in [4.69, 9.17) is 5.11 Å². The van der Waals surface area contributed by atoms with Crippen molar-refractivity contribution < 1.29 is 14.3 Å². The molecule has 13 heavy (non-hydrogen) atoms. The summed E-state index contributed by atoms with van der Waals surface area (Å²) in [7, 11) is 0. The molecule has 4 heteroatoms. The minimum Gasteiger partial charge on any atom is -0.478 e. The summed E-state index contributed by atoms with van der Waals surface area (Å²) >= 11 is 0. The fourth-order valence-corrected chi connectivity index (χ4v) is 0.872. The van der Waals surface area contributed by atoms with E-state index in [1.807, 2.05) is 0 Å². The maximum Gasteiger partial charge on any atom is 0.337 e. The number of hydrogen-bond donors (Lipinski definition) is 1. The van der Waals surface area contributed by atoms with E-state index in [9.17, 15) is 9.18 Å². The van der Waals surface area contributed by atoms with Gasteiger partial charge in [-0.1, -0.05) is 0 Å². The molecule has 1 aromatic heterocycles. The Morgan fingerprint density at radius 1 is 1.54 bits per heavy atom. The van der Waals surface area contributed by atoms with Gasteiger partial charge in [-0.25, -0.2) is 9.18 Å². The molecule has 0 aliphatic heterocycles. The Bertz CT molecular complexity index is 313. The molecule has 0 saturated carbocycles. The lowest BCUT2D eigenvalue weighted by molar-refractivity contribution is 0.0696. The molecule has 0 aliphatic carbocycles. The molecule has 0 fully saturated rings. The van der Waals surface area contributed by atoms with Gasteiger partial charge in [-0.05, 0) is 26.0 Å². The van der Waals surface area contributed by atoms with Crippen molar-refractivity contribution >= 4 is 5.97 Å². The average molecular weight is 183 g/mol. The van der Waals surface area contributed by atoms with Crippen molar-refractivity contribution in [1.82, 2.24) is 4.98 Å². The monoisotopic (exact) mass is 183 g/mol. The third-order valence-corrected chi connectivity index (χ3v) is 1.62. The molecule has 70 valence electrons. The summed E-state index contributed by atoms with van der Waals surface area (Å²) < 4.78 is 13.2. The Kier molecular flexibility index (Phi) is 2.32. The highest BCUT2D eigenvalue weighted by Crippen LogP contribution is 2.21. The number of halogens is 1. The van der Waals surface area contributed by atoms with Gasteiger partial charge in [0.15, 0.2) is 0 Å². The topological polar surface area (TPSA) is 50.2 Å². The fourth-order valence-electron chi connectivity index (χ4n) is 0.872. The number of carboxylic acid groups (broad SMARTS) is 1. The number of pyridine rings is 1. The van der Waals surface area contributed by atoms with Crippen LogP contribution in [0.3, 0.4) is 0 Å². The molecule has 0 atom stereocenters. The SMILES string of the molecule is CC(C)(F)c1ccc(C(=O)O)cn1. The van der Waals surface area contributed by atoms with Crippen molar-refractivity contribution in [3.05, 3.63) is 29.6 Å². The second-order valence-electron chi connectivity index (χ2n) is 3.21. The third-order valence-electron chi connectivity index (χ3n) is 1.62. The molecule has 0 saturated heterocycles. The standard InChI is InChI=1S/C9H10FNO2/c1-9(2,10)7-4-3-6(5-11-7)8(12)13/h3-5H,1-2H3,(H,12,13). The first-order valence-corrected chi connectivity index (χ1v) is 3.80. The Hall–Kier alpha value is -1.45. The zero-order chi connectivity index (χ0) is 10.1. The van der Waals surface area contributed by atoms with Crippen LogP contribution in [0.15, 0.2) is 18.3 Å². The zero-order valence-electron chi connectivity index (χ0n) is 7.41. The van der Waals surface area contributed by atoms with E-state index >= 15 is 0 Å². The van der Waals surface area contributed by atoms with Crippen LogP contribution < -0.4 is 0 Å². The quantitative estimate of drug-likeness (QED) is 0.762. The van der Waals surface area contributed by atoms with Crippen LogP contribution >= 0.6 is 0 Å². The van der Waals surface area contributed by atoms with Crippen LogP contribution in [0.2, 0.25) is 0 Å². The molecule has 3 nitrogen and oxygen atoms in total. The van der Waals surface area contributed by atoms with Crippen molar-refractivity contribution in [3.63, 3.8) is 0 Å². The molecule has 1 heterocycles. The highest BCUT2D eigenvalue weighted by molar-refractivity contribution is 5.87. The lowest BCUT2D eigenvalue weighted by Crippen LogP contribution is -2.12. The van der Waals surface area contributed by atoms with Crippen LogP contribution in [-0.4, -0.2) is 16.1 Å². The van der Waals surface area contributed by atoms with Crippen molar-refractivity contribution in [2.24, 2.45) is 0 Å². The smallest absolute Gasteiger partial charge is 0.337 e. The molecule has 0 radical (unpaired) electrons. The number of nitrogens with zero attached hydrogens (tertiary/aromatic N) is 1. The molecule has 0 aromatic carbocycles. The van der Waals surface area contributed by atoms with Crippen LogP contribution in [0.25, 0.3) is 0 Å². The Morgan fingerprint density at radius 3 is 2.46 bits per heavy atom. The first kappa shape index (κ1) is 9.64. The van der Waals surface area contributed by atoms with E-state index in [1.165, 1.54) is 26.0 Å². The predicted molar refractivity (Wildman–Crippen MR) is 45.3 cm³/mol. The highest BCUT2D eigenvalue weighted by Gasteiger charge is 2.20. The number of hydrogen-bond acceptors (Lipinski definition) is 2. The molecule has 1 rings (SSSR count). The van der Waals surface area contributed by atoms with E-state index in [1.54, 1.807) is 0 Å². The average Bonchev–Trinajstić information content (AvgIpc) is 2.03. The van der Waals surface area contributed by atoms with Gasteiger partial charge in [-0.3, -0.25) is 4.98 Å². The van der Waals surface area contributed by atoms with Gasteiger partial charge in [-0.15, -0.1) is 0 Å². The van der Waals surface area contributed by atoms with Crippen molar-refractivity contribution in [1.29, 1.82) is 0 Å². The molecular weight excluding hydrogens is 173 g/mol. The minimum absolute atomic E-state index is 0.0630. The maximum atomic E-state index is 13.2. The largest absolute Gasteiger partial charge is 0.478 e. The Morgan fingerprint density at radius 2 is 2.15 bits per heavy atom. The summed E-state index contributed by atoms with van der Waals surface area (Å²) in [6.45, 7) is 2.74. The molecule has 0 bridgehead atoms. The van der Waals surface area contributed by atoms with E-state index in [0.29, 0.717) is 0 Å². The number of aromatic nitrogens is 1. The van der Waals surface area contributed by atoms with Gasteiger partial charge in [0, 0.05) is 6.20 Å².